The van der Waals surface area contributed by atoms with Crippen LogP contribution in [0.1, 0.15) is 40.2 Å². The van der Waals surface area contributed by atoms with E-state index in [2.05, 4.69) is 48.8 Å². The van der Waals surface area contributed by atoms with Crippen molar-refractivity contribution in [3.05, 3.63) is 23.8 Å². The lowest BCUT2D eigenvalue weighted by molar-refractivity contribution is 0.208. The zero-order valence-electron chi connectivity index (χ0n) is 18.7. The van der Waals surface area contributed by atoms with Gasteiger partial charge in [0.15, 0.2) is 23.1 Å². The van der Waals surface area contributed by atoms with Crippen molar-refractivity contribution in [3.63, 3.8) is 0 Å². The van der Waals surface area contributed by atoms with Gasteiger partial charge in [-0.15, -0.1) is 5.53 Å². The number of aliphatic hydroxyl groups excluding tert-OH is 1. The minimum atomic E-state index is -0.526. The number of anilines is 4. The first-order chi connectivity index (χ1) is 14.7. The maximum atomic E-state index is 9.72. The van der Waals surface area contributed by atoms with Crippen LogP contribution in [0, 0.1) is 0 Å². The Morgan fingerprint density at radius 1 is 0.968 bits per heavy atom. The second kappa shape index (κ2) is 9.44. The Kier molecular flexibility index (Phi) is 6.91. The molecule has 1 aromatic carbocycles. The van der Waals surface area contributed by atoms with Crippen LogP contribution in [-0.4, -0.2) is 56.6 Å². The molecule has 1 atom stereocenters. The third kappa shape index (κ3) is 5.20. The van der Waals surface area contributed by atoms with Crippen molar-refractivity contribution in [3.8, 4) is 11.5 Å². The second-order valence-electron chi connectivity index (χ2n) is 8.33. The Morgan fingerprint density at radius 2 is 1.68 bits per heavy atom. The van der Waals surface area contributed by atoms with Gasteiger partial charge in [-0.05, 0) is 58.7 Å². The fraction of sp³-hybridized carbons (Fsp3) is 0.524. The SMILES string of the molecule is CC(O)CNc1nc(NCCc2ccc(O)c(O)c2)c2c(n1)N(C(C)C)NN2C(C)C. The topological polar surface area (TPSA) is 129 Å². The molecule has 0 saturated heterocycles. The Morgan fingerprint density at radius 3 is 2.29 bits per heavy atom. The molecule has 2 aromatic rings. The number of aliphatic hydroxyl groups is 1. The Labute approximate surface area is 182 Å². The highest BCUT2D eigenvalue weighted by molar-refractivity contribution is 5.83. The molecule has 1 aliphatic rings. The van der Waals surface area contributed by atoms with E-state index in [1.165, 1.54) is 6.07 Å². The summed E-state index contributed by atoms with van der Waals surface area (Å²) >= 11 is 0. The third-order valence-corrected chi connectivity index (χ3v) is 4.88. The van der Waals surface area contributed by atoms with Gasteiger partial charge in [0.2, 0.25) is 5.95 Å². The van der Waals surface area contributed by atoms with Crippen LogP contribution in [0.15, 0.2) is 18.2 Å². The third-order valence-electron chi connectivity index (χ3n) is 4.88. The molecule has 31 heavy (non-hydrogen) atoms. The number of hydrogen-bond acceptors (Lipinski definition) is 10. The summed E-state index contributed by atoms with van der Waals surface area (Å²) < 4.78 is 0. The molecule has 0 saturated carbocycles. The van der Waals surface area contributed by atoms with Crippen molar-refractivity contribution in [2.75, 3.05) is 33.7 Å². The summed E-state index contributed by atoms with van der Waals surface area (Å²) in [6.07, 6.45) is 0.105. The summed E-state index contributed by atoms with van der Waals surface area (Å²) in [7, 11) is 0. The summed E-state index contributed by atoms with van der Waals surface area (Å²) in [4.78, 5) is 9.36. The number of nitrogens with zero attached hydrogens (tertiary/aromatic N) is 4. The molecule has 3 rings (SSSR count). The summed E-state index contributed by atoms with van der Waals surface area (Å²) in [6, 6.07) is 5.14. The van der Waals surface area contributed by atoms with E-state index in [-0.39, 0.29) is 23.6 Å². The Bertz CT molecular complexity index is 905. The lowest BCUT2D eigenvalue weighted by Crippen LogP contribution is -2.50. The molecular formula is C21H33N7O3. The van der Waals surface area contributed by atoms with Crippen molar-refractivity contribution in [2.24, 2.45) is 0 Å². The van der Waals surface area contributed by atoms with Gasteiger partial charge >= 0.3 is 0 Å². The molecule has 0 amide bonds. The molecule has 1 unspecified atom stereocenters. The smallest absolute Gasteiger partial charge is 0.226 e. The maximum Gasteiger partial charge on any atom is 0.226 e. The zero-order valence-corrected chi connectivity index (χ0v) is 18.7. The summed E-state index contributed by atoms with van der Waals surface area (Å²) in [5.41, 5.74) is 5.15. The first-order valence-electron chi connectivity index (χ1n) is 10.6. The van der Waals surface area contributed by atoms with E-state index in [4.69, 9.17) is 4.98 Å². The highest BCUT2D eigenvalue weighted by Crippen LogP contribution is 2.40. The summed E-state index contributed by atoms with van der Waals surface area (Å²) in [6.45, 7) is 10.9. The fourth-order valence-electron chi connectivity index (χ4n) is 3.27. The van der Waals surface area contributed by atoms with Crippen LogP contribution in [-0.2, 0) is 6.42 Å². The molecule has 6 N–H and O–H groups in total. The van der Waals surface area contributed by atoms with Crippen LogP contribution in [0.5, 0.6) is 11.5 Å². The van der Waals surface area contributed by atoms with Crippen molar-refractivity contribution in [1.82, 2.24) is 15.5 Å². The predicted octanol–water partition coefficient (Wildman–Crippen LogP) is 2.20. The quantitative estimate of drug-likeness (QED) is 0.329. The number of phenolic OH excluding ortho intramolecular Hbond substituents is 2. The fourth-order valence-corrected chi connectivity index (χ4v) is 3.27. The van der Waals surface area contributed by atoms with Crippen molar-refractivity contribution in [1.29, 1.82) is 0 Å². The van der Waals surface area contributed by atoms with Crippen LogP contribution >= 0.6 is 0 Å². The molecule has 1 aliphatic heterocycles. The lowest BCUT2D eigenvalue weighted by atomic mass is 10.1. The highest BCUT2D eigenvalue weighted by Gasteiger charge is 2.34. The van der Waals surface area contributed by atoms with Crippen molar-refractivity contribution < 1.29 is 15.3 Å². The molecule has 0 bridgehead atoms. The standard InChI is InChI=1S/C21H33N7O3/c1-12(2)27-18-19(22-9-8-15-6-7-16(30)17(31)10-15)24-21(23-11-14(5)29)25-20(18)28(26-27)13(3)4/h6-7,10,12-14,26,29-31H,8-9,11H2,1-5H3,(H2,22,23,24,25). The number of aromatic nitrogens is 2. The molecule has 10 heteroatoms. The van der Waals surface area contributed by atoms with Crippen molar-refractivity contribution in [2.45, 2.75) is 59.2 Å². The number of benzene rings is 1. The van der Waals surface area contributed by atoms with Crippen LogP contribution in [0.3, 0.4) is 0 Å². The molecule has 0 aliphatic carbocycles. The van der Waals surface area contributed by atoms with E-state index in [1.807, 2.05) is 10.0 Å². The largest absolute Gasteiger partial charge is 0.504 e. The molecule has 10 nitrogen and oxygen atoms in total. The van der Waals surface area contributed by atoms with Gasteiger partial charge in [0.1, 0.15) is 5.69 Å². The van der Waals surface area contributed by atoms with Gasteiger partial charge < -0.3 is 26.0 Å². The molecular weight excluding hydrogens is 398 g/mol. The molecule has 0 spiro atoms. The average molecular weight is 432 g/mol. The summed E-state index contributed by atoms with van der Waals surface area (Å²) in [5, 5.41) is 39.4. The maximum absolute atomic E-state index is 9.72. The predicted molar refractivity (Wildman–Crippen MR) is 123 cm³/mol. The first kappa shape index (κ1) is 22.7. The number of aromatic hydroxyl groups is 2. The molecule has 170 valence electrons. The normalized spacial score (nSPS) is 14.3. The number of fused-ring (bicyclic) bond motifs is 1. The molecule has 0 fully saturated rings. The van der Waals surface area contributed by atoms with E-state index in [0.717, 1.165) is 17.1 Å². The number of hydrogen-bond donors (Lipinski definition) is 6. The van der Waals surface area contributed by atoms with E-state index in [1.54, 1.807) is 19.1 Å². The summed E-state index contributed by atoms with van der Waals surface area (Å²) in [5.74, 6) is 1.60. The Hall–Kier alpha value is -2.98. The minimum Gasteiger partial charge on any atom is -0.504 e. The van der Waals surface area contributed by atoms with Crippen LogP contribution in [0.25, 0.3) is 0 Å². The van der Waals surface area contributed by atoms with Crippen LogP contribution in [0.4, 0.5) is 23.3 Å². The minimum absolute atomic E-state index is 0.132. The second-order valence-corrected chi connectivity index (χ2v) is 8.33. The van der Waals surface area contributed by atoms with E-state index in [0.29, 0.717) is 31.3 Å². The van der Waals surface area contributed by atoms with Gasteiger partial charge in [0.25, 0.3) is 0 Å². The van der Waals surface area contributed by atoms with Crippen LogP contribution < -0.4 is 26.2 Å². The number of phenols is 2. The average Bonchev–Trinajstić information content (AvgIpc) is 3.09. The van der Waals surface area contributed by atoms with Gasteiger partial charge in [-0.1, -0.05) is 6.07 Å². The zero-order chi connectivity index (χ0) is 22.7. The molecule has 0 radical (unpaired) electrons. The number of hydrazine groups is 2. The van der Waals surface area contributed by atoms with Crippen LogP contribution in [0.2, 0.25) is 0 Å². The lowest BCUT2D eigenvalue weighted by Gasteiger charge is -2.27. The van der Waals surface area contributed by atoms with Crippen molar-refractivity contribution >= 4 is 23.3 Å². The molecule has 2 heterocycles. The van der Waals surface area contributed by atoms with E-state index >= 15 is 0 Å². The first-order valence-corrected chi connectivity index (χ1v) is 10.6. The monoisotopic (exact) mass is 431 g/mol. The number of nitrogens with one attached hydrogen (secondary N) is 3. The van der Waals surface area contributed by atoms with E-state index < -0.39 is 6.10 Å². The number of rotatable bonds is 9. The highest BCUT2D eigenvalue weighted by atomic mass is 16.3. The van der Waals surface area contributed by atoms with Gasteiger partial charge in [0, 0.05) is 25.2 Å². The van der Waals surface area contributed by atoms with Gasteiger partial charge in [-0.2, -0.15) is 9.97 Å². The Balaban J connectivity index is 1.89. The van der Waals surface area contributed by atoms with Gasteiger partial charge in [0.05, 0.1) is 6.10 Å². The van der Waals surface area contributed by atoms with E-state index in [9.17, 15) is 15.3 Å². The van der Waals surface area contributed by atoms with Gasteiger partial charge in [-0.3, -0.25) is 10.0 Å². The molecule has 1 aromatic heterocycles. The van der Waals surface area contributed by atoms with Gasteiger partial charge in [-0.25, -0.2) is 0 Å².